The molecule has 0 fully saturated rings. The Morgan fingerprint density at radius 3 is 2.42 bits per heavy atom. The minimum absolute atomic E-state index is 0.0234. The number of alkyl halides is 3. The van der Waals surface area contributed by atoms with Gasteiger partial charge in [-0.1, -0.05) is 24.3 Å². The summed E-state index contributed by atoms with van der Waals surface area (Å²) in [5, 5.41) is 15.2. The molecule has 0 saturated carbocycles. The number of aromatic hydroxyl groups is 1. The van der Waals surface area contributed by atoms with E-state index in [4.69, 9.17) is 0 Å². The van der Waals surface area contributed by atoms with Gasteiger partial charge in [-0.2, -0.15) is 18.3 Å². The van der Waals surface area contributed by atoms with Gasteiger partial charge in [0, 0.05) is 5.69 Å². The van der Waals surface area contributed by atoms with Crippen molar-refractivity contribution in [2.24, 2.45) is 5.10 Å². The first kappa shape index (κ1) is 19.0. The summed E-state index contributed by atoms with van der Waals surface area (Å²) < 4.78 is 36.9. The second kappa shape index (κ2) is 7.68. The Bertz CT molecular complexity index is 864. The average Bonchev–Trinajstić information content (AvgIpc) is 2.59. The van der Waals surface area contributed by atoms with Crippen LogP contribution in [0.3, 0.4) is 0 Å². The van der Waals surface area contributed by atoms with E-state index in [9.17, 15) is 27.9 Å². The SMILES string of the molecule is C/C(=N\NC(=O)c1ccccc1O)c1cccc(NC(=O)C(F)(F)F)c1. The molecular formula is C17H14F3N3O3. The lowest BCUT2D eigenvalue weighted by molar-refractivity contribution is -0.167. The van der Waals surface area contributed by atoms with Gasteiger partial charge in [0.1, 0.15) is 5.75 Å². The van der Waals surface area contributed by atoms with E-state index >= 15 is 0 Å². The van der Waals surface area contributed by atoms with Crippen molar-refractivity contribution in [3.63, 3.8) is 0 Å². The van der Waals surface area contributed by atoms with Gasteiger partial charge >= 0.3 is 12.1 Å². The fraction of sp³-hybridized carbons (Fsp3) is 0.118. The third-order valence-electron chi connectivity index (χ3n) is 3.27. The van der Waals surface area contributed by atoms with Gasteiger partial charge in [-0.3, -0.25) is 9.59 Å². The summed E-state index contributed by atoms with van der Waals surface area (Å²) in [4.78, 5) is 22.9. The van der Waals surface area contributed by atoms with Crippen molar-refractivity contribution in [3.8, 4) is 5.75 Å². The summed E-state index contributed by atoms with van der Waals surface area (Å²) in [5.74, 6) is -2.95. The van der Waals surface area contributed by atoms with E-state index in [1.165, 1.54) is 37.3 Å². The molecule has 0 aliphatic rings. The van der Waals surface area contributed by atoms with Crippen LogP contribution in [0.15, 0.2) is 53.6 Å². The topological polar surface area (TPSA) is 90.8 Å². The lowest BCUT2D eigenvalue weighted by atomic mass is 10.1. The summed E-state index contributed by atoms with van der Waals surface area (Å²) in [7, 11) is 0. The predicted octanol–water partition coefficient (Wildman–Crippen LogP) is 3.05. The maximum Gasteiger partial charge on any atom is 0.471 e. The molecule has 0 aliphatic carbocycles. The Morgan fingerprint density at radius 2 is 1.77 bits per heavy atom. The minimum atomic E-state index is -5.00. The van der Waals surface area contributed by atoms with Crippen molar-refractivity contribution in [1.29, 1.82) is 0 Å². The number of hydrogen-bond acceptors (Lipinski definition) is 4. The van der Waals surface area contributed by atoms with Gasteiger partial charge in [-0.25, -0.2) is 5.43 Å². The third kappa shape index (κ3) is 4.82. The van der Waals surface area contributed by atoms with Crippen LogP contribution >= 0.6 is 0 Å². The van der Waals surface area contributed by atoms with Crippen molar-refractivity contribution in [2.75, 3.05) is 5.32 Å². The third-order valence-corrected chi connectivity index (χ3v) is 3.27. The summed E-state index contributed by atoms with van der Waals surface area (Å²) in [6.07, 6.45) is -5.00. The van der Waals surface area contributed by atoms with Gasteiger partial charge in [0.15, 0.2) is 0 Å². The molecule has 0 aliphatic heterocycles. The standard InChI is InChI=1S/C17H14F3N3O3/c1-10(22-23-15(25)13-7-2-3-8-14(13)24)11-5-4-6-12(9-11)21-16(26)17(18,19)20/h2-9,24H,1H3,(H,21,26)(H,23,25)/b22-10+. The second-order valence-electron chi connectivity index (χ2n) is 5.19. The zero-order valence-electron chi connectivity index (χ0n) is 13.5. The molecule has 0 atom stereocenters. The van der Waals surface area contributed by atoms with Gasteiger partial charge < -0.3 is 10.4 Å². The van der Waals surface area contributed by atoms with Gasteiger partial charge in [0.2, 0.25) is 0 Å². The molecule has 0 aromatic heterocycles. The monoisotopic (exact) mass is 365 g/mol. The lowest BCUT2D eigenvalue weighted by Gasteiger charge is -2.09. The summed E-state index contributed by atoms with van der Waals surface area (Å²) in [6.45, 7) is 1.52. The summed E-state index contributed by atoms with van der Waals surface area (Å²) in [5.41, 5.74) is 2.88. The Morgan fingerprint density at radius 1 is 1.08 bits per heavy atom. The number of amides is 2. The zero-order valence-corrected chi connectivity index (χ0v) is 13.5. The maximum atomic E-state index is 12.3. The number of nitrogens with zero attached hydrogens (tertiary/aromatic N) is 1. The van der Waals surface area contributed by atoms with Crippen LogP contribution in [0, 0.1) is 0 Å². The number of anilines is 1. The van der Waals surface area contributed by atoms with Crippen molar-refractivity contribution >= 4 is 23.2 Å². The molecule has 2 rings (SSSR count). The van der Waals surface area contributed by atoms with Crippen molar-refractivity contribution < 1.29 is 27.9 Å². The Balaban J connectivity index is 2.12. The number of carbonyl (C=O) groups excluding carboxylic acids is 2. The Labute approximate surface area is 146 Å². The molecule has 3 N–H and O–H groups in total. The molecule has 6 nitrogen and oxygen atoms in total. The fourth-order valence-corrected chi connectivity index (χ4v) is 1.95. The second-order valence-corrected chi connectivity index (χ2v) is 5.19. The first-order valence-corrected chi connectivity index (χ1v) is 7.29. The molecule has 0 heterocycles. The predicted molar refractivity (Wildman–Crippen MR) is 88.9 cm³/mol. The molecule has 136 valence electrons. The van der Waals surface area contributed by atoms with Crippen LogP contribution in [0.2, 0.25) is 0 Å². The molecule has 2 aromatic rings. The smallest absolute Gasteiger partial charge is 0.471 e. The van der Waals surface area contributed by atoms with Crippen LogP contribution in [0.4, 0.5) is 18.9 Å². The number of carbonyl (C=O) groups is 2. The largest absolute Gasteiger partial charge is 0.507 e. The first-order chi connectivity index (χ1) is 12.2. The maximum absolute atomic E-state index is 12.3. The first-order valence-electron chi connectivity index (χ1n) is 7.29. The van der Waals surface area contributed by atoms with Crippen LogP contribution in [-0.2, 0) is 4.79 Å². The molecule has 9 heteroatoms. The molecule has 0 unspecified atom stereocenters. The number of phenolic OH excluding ortho intramolecular Hbond substituents is 1. The van der Waals surface area contributed by atoms with Crippen LogP contribution in [-0.4, -0.2) is 28.8 Å². The van der Waals surface area contributed by atoms with Crippen molar-refractivity contribution in [1.82, 2.24) is 5.43 Å². The molecule has 0 spiro atoms. The normalized spacial score (nSPS) is 11.8. The highest BCUT2D eigenvalue weighted by Gasteiger charge is 2.38. The zero-order chi connectivity index (χ0) is 19.3. The Kier molecular flexibility index (Phi) is 5.61. The molecule has 2 amide bonds. The number of phenols is 1. The fourth-order valence-electron chi connectivity index (χ4n) is 1.95. The van der Waals surface area contributed by atoms with E-state index in [1.807, 2.05) is 0 Å². The van der Waals surface area contributed by atoms with Crippen molar-refractivity contribution in [3.05, 3.63) is 59.7 Å². The molecule has 26 heavy (non-hydrogen) atoms. The number of halogens is 3. The minimum Gasteiger partial charge on any atom is -0.507 e. The van der Waals surface area contributed by atoms with Gasteiger partial charge in [-0.05, 0) is 36.8 Å². The highest BCUT2D eigenvalue weighted by molar-refractivity contribution is 6.03. The van der Waals surface area contributed by atoms with Crippen LogP contribution in [0.1, 0.15) is 22.8 Å². The highest BCUT2D eigenvalue weighted by Crippen LogP contribution is 2.19. The van der Waals surface area contributed by atoms with Gasteiger partial charge in [0.25, 0.3) is 5.91 Å². The lowest BCUT2D eigenvalue weighted by Crippen LogP contribution is -2.29. The number of benzene rings is 2. The van der Waals surface area contributed by atoms with Crippen LogP contribution in [0.25, 0.3) is 0 Å². The number of para-hydroxylation sites is 1. The van der Waals surface area contributed by atoms with E-state index < -0.39 is 18.0 Å². The molecular weight excluding hydrogens is 351 g/mol. The Hall–Kier alpha value is -3.36. The van der Waals surface area contributed by atoms with E-state index in [-0.39, 0.29) is 22.7 Å². The van der Waals surface area contributed by atoms with E-state index in [2.05, 4.69) is 10.5 Å². The number of rotatable bonds is 4. The molecule has 0 saturated heterocycles. The number of hydrogen-bond donors (Lipinski definition) is 3. The van der Waals surface area contributed by atoms with E-state index in [1.54, 1.807) is 23.5 Å². The summed E-state index contributed by atoms with van der Waals surface area (Å²) in [6, 6.07) is 11.4. The van der Waals surface area contributed by atoms with E-state index in [0.717, 1.165) is 0 Å². The molecule has 2 aromatic carbocycles. The van der Waals surface area contributed by atoms with Gasteiger partial charge in [0.05, 0.1) is 11.3 Å². The molecule has 0 bridgehead atoms. The highest BCUT2D eigenvalue weighted by atomic mass is 19.4. The summed E-state index contributed by atoms with van der Waals surface area (Å²) >= 11 is 0. The van der Waals surface area contributed by atoms with E-state index in [0.29, 0.717) is 5.56 Å². The quantitative estimate of drug-likeness (QED) is 0.575. The van der Waals surface area contributed by atoms with Crippen molar-refractivity contribution in [2.45, 2.75) is 13.1 Å². The number of hydrazone groups is 1. The van der Waals surface area contributed by atoms with Gasteiger partial charge in [-0.15, -0.1) is 0 Å². The van der Waals surface area contributed by atoms with Crippen LogP contribution in [0.5, 0.6) is 5.75 Å². The van der Waals surface area contributed by atoms with Crippen LogP contribution < -0.4 is 10.7 Å². The molecule has 0 radical (unpaired) electrons. The average molecular weight is 365 g/mol. The number of nitrogens with one attached hydrogen (secondary N) is 2.